The first-order valence-corrected chi connectivity index (χ1v) is 8.77. The van der Waals surface area contributed by atoms with Gasteiger partial charge in [0, 0.05) is 30.3 Å². The van der Waals surface area contributed by atoms with Crippen LogP contribution in [0.1, 0.15) is 40.1 Å². The van der Waals surface area contributed by atoms with Crippen LogP contribution in [0.2, 0.25) is 5.15 Å². The third-order valence-corrected chi connectivity index (χ3v) is 4.01. The zero-order valence-corrected chi connectivity index (χ0v) is 16.2. The molecule has 0 aliphatic heterocycles. The van der Waals surface area contributed by atoms with Crippen molar-refractivity contribution in [1.82, 2.24) is 20.1 Å². The summed E-state index contributed by atoms with van der Waals surface area (Å²) in [5.41, 5.74) is 1.84. The highest BCUT2D eigenvalue weighted by Crippen LogP contribution is 2.28. The Morgan fingerprint density at radius 3 is 2.79 bits per heavy atom. The standard InChI is InChI=1S/C19H17ClN4O4/c1-4-16-23-17(28-24-16)6-5-12-9-21-10-14(11(12)2)27-18-8-13(19(25)26-3)7-15(20)22-18/h5-10H,4H2,1-3H3/b6-5+. The van der Waals surface area contributed by atoms with Crippen LogP contribution in [0.4, 0.5) is 0 Å². The topological polar surface area (TPSA) is 100 Å². The second-order valence-corrected chi connectivity index (χ2v) is 6.09. The number of carbonyl (C=O) groups excluding carboxylic acids is 1. The Kier molecular flexibility index (Phi) is 6.00. The van der Waals surface area contributed by atoms with Crippen LogP contribution in [0.5, 0.6) is 11.6 Å². The van der Waals surface area contributed by atoms with Crippen LogP contribution in [0.15, 0.2) is 29.0 Å². The lowest BCUT2D eigenvalue weighted by Crippen LogP contribution is -2.03. The molecule has 0 fully saturated rings. The average Bonchev–Trinajstić information content (AvgIpc) is 3.15. The number of ether oxygens (including phenoxy) is 2. The summed E-state index contributed by atoms with van der Waals surface area (Å²) in [5, 5.41) is 3.96. The number of aryl methyl sites for hydroxylation is 1. The molecule has 3 aromatic rings. The SMILES string of the molecule is CCc1noc(/C=C/c2cncc(Oc3cc(C(=O)OC)cc(Cl)n3)c2C)n1. The third kappa shape index (κ3) is 4.52. The Morgan fingerprint density at radius 1 is 1.25 bits per heavy atom. The van der Waals surface area contributed by atoms with E-state index in [1.54, 1.807) is 24.5 Å². The van der Waals surface area contributed by atoms with Crippen LogP contribution in [0.25, 0.3) is 12.2 Å². The van der Waals surface area contributed by atoms with Gasteiger partial charge in [0.25, 0.3) is 5.89 Å². The fourth-order valence-electron chi connectivity index (χ4n) is 2.31. The molecular weight excluding hydrogens is 384 g/mol. The molecule has 0 spiro atoms. The Hall–Kier alpha value is -3.26. The second-order valence-electron chi connectivity index (χ2n) is 5.70. The van der Waals surface area contributed by atoms with E-state index in [4.69, 9.17) is 25.6 Å². The second kappa shape index (κ2) is 8.62. The van der Waals surface area contributed by atoms with E-state index < -0.39 is 5.97 Å². The highest BCUT2D eigenvalue weighted by Gasteiger charge is 2.13. The predicted octanol–water partition coefficient (Wildman–Crippen LogP) is 4.13. The summed E-state index contributed by atoms with van der Waals surface area (Å²) in [5.74, 6) is 1.13. The van der Waals surface area contributed by atoms with Gasteiger partial charge in [0.2, 0.25) is 5.88 Å². The fourth-order valence-corrected chi connectivity index (χ4v) is 2.51. The van der Waals surface area contributed by atoms with Gasteiger partial charge in [0.15, 0.2) is 11.6 Å². The minimum atomic E-state index is -0.535. The van der Waals surface area contributed by atoms with Crippen molar-refractivity contribution < 1.29 is 18.8 Å². The first kappa shape index (κ1) is 19.5. The van der Waals surface area contributed by atoms with Gasteiger partial charge >= 0.3 is 5.97 Å². The van der Waals surface area contributed by atoms with Crippen LogP contribution >= 0.6 is 11.6 Å². The van der Waals surface area contributed by atoms with Crippen LogP contribution in [0.3, 0.4) is 0 Å². The van der Waals surface area contributed by atoms with Gasteiger partial charge in [0.1, 0.15) is 5.15 Å². The summed E-state index contributed by atoms with van der Waals surface area (Å²) >= 11 is 5.97. The van der Waals surface area contributed by atoms with E-state index in [0.717, 1.165) is 11.1 Å². The van der Waals surface area contributed by atoms with E-state index in [0.29, 0.717) is 23.9 Å². The number of rotatable bonds is 6. The fraction of sp³-hybridized carbons (Fsp3) is 0.211. The predicted molar refractivity (Wildman–Crippen MR) is 102 cm³/mol. The summed E-state index contributed by atoms with van der Waals surface area (Å²) in [4.78, 5) is 24.2. The monoisotopic (exact) mass is 400 g/mol. The minimum Gasteiger partial charge on any atom is -0.465 e. The Bertz CT molecular complexity index is 1030. The molecule has 0 radical (unpaired) electrons. The molecule has 0 aliphatic carbocycles. The number of halogens is 1. The molecule has 0 N–H and O–H groups in total. The Morgan fingerprint density at radius 2 is 2.07 bits per heavy atom. The number of methoxy groups -OCH3 is 1. The molecule has 0 atom stereocenters. The first-order chi connectivity index (χ1) is 13.5. The maximum absolute atomic E-state index is 11.7. The molecule has 3 rings (SSSR count). The molecule has 0 unspecified atom stereocenters. The molecule has 3 heterocycles. The number of nitrogens with zero attached hydrogens (tertiary/aromatic N) is 4. The smallest absolute Gasteiger partial charge is 0.338 e. The molecule has 3 aromatic heterocycles. The van der Waals surface area contributed by atoms with Crippen molar-refractivity contribution >= 4 is 29.7 Å². The van der Waals surface area contributed by atoms with Crippen molar-refractivity contribution in [3.63, 3.8) is 0 Å². The average molecular weight is 401 g/mol. The number of aromatic nitrogens is 4. The number of hydrogen-bond donors (Lipinski definition) is 0. The zero-order valence-electron chi connectivity index (χ0n) is 15.5. The Labute approximate surface area is 166 Å². The van der Waals surface area contributed by atoms with Gasteiger partial charge in [-0.25, -0.2) is 9.78 Å². The molecule has 0 aliphatic rings. The van der Waals surface area contributed by atoms with Crippen molar-refractivity contribution in [1.29, 1.82) is 0 Å². The highest BCUT2D eigenvalue weighted by atomic mass is 35.5. The lowest BCUT2D eigenvalue weighted by molar-refractivity contribution is 0.0600. The van der Waals surface area contributed by atoms with Gasteiger partial charge < -0.3 is 14.0 Å². The van der Waals surface area contributed by atoms with Gasteiger partial charge in [-0.3, -0.25) is 4.98 Å². The summed E-state index contributed by atoms with van der Waals surface area (Å²) in [7, 11) is 1.29. The van der Waals surface area contributed by atoms with Crippen molar-refractivity contribution in [2.24, 2.45) is 0 Å². The van der Waals surface area contributed by atoms with Gasteiger partial charge in [-0.2, -0.15) is 4.98 Å². The summed E-state index contributed by atoms with van der Waals surface area (Å²) < 4.78 is 15.6. The molecule has 144 valence electrons. The molecule has 9 heteroatoms. The first-order valence-electron chi connectivity index (χ1n) is 8.39. The number of hydrogen-bond acceptors (Lipinski definition) is 8. The largest absolute Gasteiger partial charge is 0.465 e. The van der Waals surface area contributed by atoms with Gasteiger partial charge in [-0.05, 0) is 24.6 Å². The van der Waals surface area contributed by atoms with Gasteiger partial charge in [-0.15, -0.1) is 0 Å². The molecule has 28 heavy (non-hydrogen) atoms. The number of pyridine rings is 2. The summed E-state index contributed by atoms with van der Waals surface area (Å²) in [6.07, 6.45) is 7.43. The van der Waals surface area contributed by atoms with E-state index in [1.165, 1.54) is 19.2 Å². The van der Waals surface area contributed by atoms with E-state index in [1.807, 2.05) is 13.8 Å². The normalized spacial score (nSPS) is 11.0. The molecule has 0 saturated heterocycles. The lowest BCUT2D eigenvalue weighted by Gasteiger charge is -2.10. The van der Waals surface area contributed by atoms with Gasteiger partial charge in [-0.1, -0.05) is 23.7 Å². The molecular formula is C19H17ClN4O4. The van der Waals surface area contributed by atoms with Crippen molar-refractivity contribution in [3.8, 4) is 11.6 Å². The third-order valence-electron chi connectivity index (χ3n) is 3.82. The van der Waals surface area contributed by atoms with Crippen LogP contribution in [-0.2, 0) is 11.2 Å². The van der Waals surface area contributed by atoms with Gasteiger partial charge in [0.05, 0.1) is 18.9 Å². The molecule has 0 amide bonds. The highest BCUT2D eigenvalue weighted by molar-refractivity contribution is 6.29. The molecule has 8 nitrogen and oxygen atoms in total. The minimum absolute atomic E-state index is 0.114. The van der Waals surface area contributed by atoms with E-state index in [9.17, 15) is 4.79 Å². The van der Waals surface area contributed by atoms with Crippen LogP contribution < -0.4 is 4.74 Å². The quantitative estimate of drug-likeness (QED) is 0.449. The summed E-state index contributed by atoms with van der Waals surface area (Å²) in [6.45, 7) is 3.82. The van der Waals surface area contributed by atoms with E-state index in [2.05, 4.69) is 20.1 Å². The molecule has 0 aromatic carbocycles. The van der Waals surface area contributed by atoms with Crippen molar-refractivity contribution in [2.45, 2.75) is 20.3 Å². The van der Waals surface area contributed by atoms with Crippen molar-refractivity contribution in [2.75, 3.05) is 7.11 Å². The maximum atomic E-state index is 11.7. The Balaban J connectivity index is 1.85. The van der Waals surface area contributed by atoms with E-state index >= 15 is 0 Å². The lowest BCUT2D eigenvalue weighted by atomic mass is 10.1. The number of carbonyl (C=O) groups is 1. The van der Waals surface area contributed by atoms with Crippen LogP contribution in [-0.4, -0.2) is 33.2 Å². The molecule has 0 saturated carbocycles. The zero-order chi connectivity index (χ0) is 20.1. The molecule has 0 bridgehead atoms. The summed E-state index contributed by atoms with van der Waals surface area (Å²) in [6, 6.07) is 2.85. The number of esters is 1. The van der Waals surface area contributed by atoms with Crippen LogP contribution in [0, 0.1) is 6.92 Å². The van der Waals surface area contributed by atoms with Crippen molar-refractivity contribution in [3.05, 3.63) is 58.1 Å². The maximum Gasteiger partial charge on any atom is 0.338 e. The van der Waals surface area contributed by atoms with E-state index in [-0.39, 0.29) is 16.6 Å².